The van der Waals surface area contributed by atoms with E-state index in [0.717, 1.165) is 25.7 Å². The van der Waals surface area contributed by atoms with E-state index in [1.54, 1.807) is 24.8 Å². The Morgan fingerprint density at radius 3 is 2.58 bits per heavy atom. The zero-order valence-electron chi connectivity index (χ0n) is 18.4. The van der Waals surface area contributed by atoms with Gasteiger partial charge in [0.2, 0.25) is 15.9 Å². The Morgan fingerprint density at radius 1 is 1.16 bits per heavy atom. The van der Waals surface area contributed by atoms with Crippen LogP contribution in [-0.4, -0.2) is 61.2 Å². The minimum Gasteiger partial charge on any atom is -0.479 e. The predicted octanol–water partition coefficient (Wildman–Crippen LogP) is 2.66. The van der Waals surface area contributed by atoms with Crippen LogP contribution in [0, 0.1) is 6.92 Å². The Labute approximate surface area is 184 Å². The lowest BCUT2D eigenvalue weighted by Crippen LogP contribution is -2.50. The average molecular weight is 450 g/mol. The summed E-state index contributed by atoms with van der Waals surface area (Å²) in [6.07, 6.45) is 5.86. The Hall–Kier alpha value is -2.13. The first-order valence-electron chi connectivity index (χ1n) is 11.1. The highest BCUT2D eigenvalue weighted by Gasteiger charge is 2.42. The summed E-state index contributed by atoms with van der Waals surface area (Å²) in [4.78, 5) is 27.0. The smallest absolute Gasteiger partial charge is 0.265 e. The molecule has 0 radical (unpaired) electrons. The molecule has 2 atom stereocenters. The number of likely N-dealkylation sites (N-methyl/N-ethyl adjacent to an activating group) is 1. The SMILES string of the molecule is Cc1cc2c(cc1S(=O)(=O)N1CCC[C@@H]1C(=O)N(C)C1CCCCC1)O[C@H](C)C(=O)N2. The van der Waals surface area contributed by atoms with Crippen LogP contribution in [0.3, 0.4) is 0 Å². The molecule has 3 aliphatic rings. The maximum absolute atomic E-state index is 13.6. The topological polar surface area (TPSA) is 96.0 Å². The maximum Gasteiger partial charge on any atom is 0.265 e. The van der Waals surface area contributed by atoms with Gasteiger partial charge in [0.15, 0.2) is 6.10 Å². The lowest BCUT2D eigenvalue weighted by Gasteiger charge is -2.35. The van der Waals surface area contributed by atoms with Gasteiger partial charge in [0.25, 0.3) is 5.91 Å². The van der Waals surface area contributed by atoms with Crippen molar-refractivity contribution >= 4 is 27.5 Å². The van der Waals surface area contributed by atoms with Crippen molar-refractivity contribution in [1.82, 2.24) is 9.21 Å². The van der Waals surface area contributed by atoms with Gasteiger partial charge in [-0.2, -0.15) is 4.31 Å². The standard InChI is InChI=1S/C22H31N3O5S/c1-14-12-17-19(30-15(2)21(26)23-17)13-20(14)31(28,29)25-11-7-10-18(25)22(27)24(3)16-8-5-4-6-9-16/h12-13,15-16,18H,4-11H2,1-3H3,(H,23,26)/t15-,18-/m1/s1. The molecular weight excluding hydrogens is 418 g/mol. The fraction of sp³-hybridized carbons (Fsp3) is 0.636. The van der Waals surface area contributed by atoms with Crippen LogP contribution in [0.1, 0.15) is 57.4 Å². The summed E-state index contributed by atoms with van der Waals surface area (Å²) in [6, 6.07) is 2.61. The molecule has 1 N–H and O–H groups in total. The fourth-order valence-electron chi connectivity index (χ4n) is 4.91. The number of rotatable bonds is 4. The van der Waals surface area contributed by atoms with E-state index in [-0.39, 0.29) is 22.8 Å². The molecule has 9 heteroatoms. The van der Waals surface area contributed by atoms with Gasteiger partial charge in [0.1, 0.15) is 11.8 Å². The second-order valence-electron chi connectivity index (χ2n) is 8.88. The number of anilines is 1. The summed E-state index contributed by atoms with van der Waals surface area (Å²) >= 11 is 0. The molecule has 1 saturated carbocycles. The highest BCUT2D eigenvalue weighted by Crippen LogP contribution is 2.37. The molecule has 31 heavy (non-hydrogen) atoms. The van der Waals surface area contributed by atoms with Crippen LogP contribution in [0.5, 0.6) is 5.75 Å². The van der Waals surface area contributed by atoms with Crippen molar-refractivity contribution in [1.29, 1.82) is 0 Å². The Kier molecular flexibility index (Phi) is 6.00. The van der Waals surface area contributed by atoms with Crippen LogP contribution in [0.15, 0.2) is 17.0 Å². The van der Waals surface area contributed by atoms with Gasteiger partial charge in [-0.25, -0.2) is 8.42 Å². The normalized spacial score (nSPS) is 24.9. The van der Waals surface area contributed by atoms with Gasteiger partial charge in [0, 0.05) is 25.7 Å². The summed E-state index contributed by atoms with van der Waals surface area (Å²) in [5, 5.41) is 2.74. The van der Waals surface area contributed by atoms with Gasteiger partial charge in [-0.1, -0.05) is 19.3 Å². The average Bonchev–Trinajstić information content (AvgIpc) is 3.25. The number of nitrogens with one attached hydrogen (secondary N) is 1. The summed E-state index contributed by atoms with van der Waals surface area (Å²) < 4.78 is 34.2. The number of sulfonamides is 1. The summed E-state index contributed by atoms with van der Waals surface area (Å²) in [7, 11) is -2.09. The molecule has 0 aromatic heterocycles. The molecule has 0 bridgehead atoms. The zero-order chi connectivity index (χ0) is 22.3. The Bertz CT molecular complexity index is 987. The van der Waals surface area contributed by atoms with Gasteiger partial charge < -0.3 is 15.0 Å². The Balaban J connectivity index is 1.61. The lowest BCUT2D eigenvalue weighted by atomic mass is 9.94. The first kappa shape index (κ1) is 22.1. The number of fused-ring (bicyclic) bond motifs is 1. The van der Waals surface area contributed by atoms with Crippen molar-refractivity contribution in [2.75, 3.05) is 18.9 Å². The second kappa shape index (κ2) is 8.43. The summed E-state index contributed by atoms with van der Waals surface area (Å²) in [5.74, 6) is -0.0446. The number of hydrogen-bond donors (Lipinski definition) is 1. The van der Waals surface area contributed by atoms with Gasteiger partial charge >= 0.3 is 0 Å². The molecule has 0 unspecified atom stereocenters. The highest BCUT2D eigenvalue weighted by atomic mass is 32.2. The van der Waals surface area contributed by atoms with Gasteiger partial charge in [-0.3, -0.25) is 9.59 Å². The molecule has 8 nitrogen and oxygen atoms in total. The molecule has 1 saturated heterocycles. The third-order valence-electron chi connectivity index (χ3n) is 6.75. The molecule has 1 aromatic carbocycles. The van der Waals surface area contributed by atoms with E-state index >= 15 is 0 Å². The van der Waals surface area contributed by atoms with Gasteiger partial charge in [0.05, 0.1) is 10.6 Å². The molecular formula is C22H31N3O5S. The highest BCUT2D eigenvalue weighted by molar-refractivity contribution is 7.89. The van der Waals surface area contributed by atoms with Crippen molar-refractivity contribution in [2.24, 2.45) is 0 Å². The number of amides is 2. The number of aryl methyl sites for hydroxylation is 1. The summed E-state index contributed by atoms with van der Waals surface area (Å²) in [5.41, 5.74) is 0.974. The van der Waals surface area contributed by atoms with E-state index < -0.39 is 22.2 Å². The third kappa shape index (κ3) is 4.05. The summed E-state index contributed by atoms with van der Waals surface area (Å²) in [6.45, 7) is 3.63. The Morgan fingerprint density at radius 2 is 1.87 bits per heavy atom. The van der Waals surface area contributed by atoms with E-state index in [9.17, 15) is 18.0 Å². The van der Waals surface area contributed by atoms with Gasteiger partial charge in [-0.05, 0) is 51.2 Å². The zero-order valence-corrected chi connectivity index (χ0v) is 19.2. The van der Waals surface area contributed by atoms with E-state index in [1.807, 2.05) is 7.05 Å². The van der Waals surface area contributed by atoms with E-state index in [1.165, 1.54) is 16.8 Å². The maximum atomic E-state index is 13.6. The van der Waals surface area contributed by atoms with Crippen molar-refractivity contribution in [2.45, 2.75) is 81.9 Å². The molecule has 170 valence electrons. The largest absolute Gasteiger partial charge is 0.479 e. The number of carbonyl (C=O) groups is 2. The van der Waals surface area contributed by atoms with Crippen LogP contribution in [-0.2, 0) is 19.6 Å². The van der Waals surface area contributed by atoms with Crippen molar-refractivity contribution in [3.8, 4) is 5.75 Å². The monoisotopic (exact) mass is 449 g/mol. The number of nitrogens with zero attached hydrogens (tertiary/aromatic N) is 2. The number of carbonyl (C=O) groups excluding carboxylic acids is 2. The minimum absolute atomic E-state index is 0.110. The molecule has 4 rings (SSSR count). The number of benzene rings is 1. The second-order valence-corrected chi connectivity index (χ2v) is 10.7. The van der Waals surface area contributed by atoms with Crippen molar-refractivity contribution < 1.29 is 22.7 Å². The lowest BCUT2D eigenvalue weighted by molar-refractivity contribution is -0.136. The molecule has 2 fully saturated rings. The van der Waals surface area contributed by atoms with E-state index in [4.69, 9.17) is 4.74 Å². The molecule has 1 aromatic rings. The third-order valence-corrected chi connectivity index (χ3v) is 8.80. The number of hydrogen-bond acceptors (Lipinski definition) is 5. The van der Waals surface area contributed by atoms with Crippen molar-refractivity contribution in [3.63, 3.8) is 0 Å². The van der Waals surface area contributed by atoms with Crippen LogP contribution < -0.4 is 10.1 Å². The molecule has 2 amide bonds. The minimum atomic E-state index is -3.90. The van der Waals surface area contributed by atoms with E-state index in [2.05, 4.69) is 5.32 Å². The predicted molar refractivity (Wildman–Crippen MR) is 116 cm³/mol. The van der Waals surface area contributed by atoms with Gasteiger partial charge in [-0.15, -0.1) is 0 Å². The quantitative estimate of drug-likeness (QED) is 0.762. The van der Waals surface area contributed by atoms with Crippen molar-refractivity contribution in [3.05, 3.63) is 17.7 Å². The molecule has 2 aliphatic heterocycles. The molecule has 1 aliphatic carbocycles. The van der Waals surface area contributed by atoms with Crippen LogP contribution in [0.2, 0.25) is 0 Å². The molecule has 0 spiro atoms. The number of ether oxygens (including phenoxy) is 1. The van der Waals surface area contributed by atoms with Crippen LogP contribution >= 0.6 is 0 Å². The van der Waals surface area contributed by atoms with Crippen LogP contribution in [0.4, 0.5) is 5.69 Å². The fourth-order valence-corrected chi connectivity index (χ4v) is 6.78. The first-order chi connectivity index (χ1) is 14.7. The van der Waals surface area contributed by atoms with E-state index in [0.29, 0.717) is 36.4 Å². The van der Waals surface area contributed by atoms with Crippen LogP contribution in [0.25, 0.3) is 0 Å². The first-order valence-corrected chi connectivity index (χ1v) is 12.5. The molecule has 2 heterocycles.